The molecule has 3 rings (SSSR count). The third kappa shape index (κ3) is 4.20. The molecule has 5 nitrogen and oxygen atoms in total. The Hall–Kier alpha value is -1.88. The van der Waals surface area contributed by atoms with Gasteiger partial charge in [-0.3, -0.25) is 4.79 Å². The van der Waals surface area contributed by atoms with Crippen LogP contribution < -0.4 is 5.32 Å². The molecule has 1 saturated heterocycles. The van der Waals surface area contributed by atoms with Gasteiger partial charge in [0.15, 0.2) is 0 Å². The summed E-state index contributed by atoms with van der Waals surface area (Å²) >= 11 is 0. The molecule has 0 aromatic heterocycles. The van der Waals surface area contributed by atoms with Gasteiger partial charge >= 0.3 is 5.97 Å². The highest BCUT2D eigenvalue weighted by Crippen LogP contribution is 2.50. The summed E-state index contributed by atoms with van der Waals surface area (Å²) in [6.45, 7) is 10.6. The van der Waals surface area contributed by atoms with E-state index in [1.807, 2.05) is 6.92 Å². The topological polar surface area (TPSA) is 75.6 Å². The van der Waals surface area contributed by atoms with Crippen LogP contribution in [0.4, 0.5) is 0 Å². The van der Waals surface area contributed by atoms with Crippen LogP contribution in [0, 0.1) is 23.7 Å². The van der Waals surface area contributed by atoms with Crippen LogP contribution in [0.15, 0.2) is 35.5 Å². The molecule has 0 bridgehead atoms. The predicted octanol–water partition coefficient (Wildman–Crippen LogP) is 3.69. The van der Waals surface area contributed by atoms with E-state index in [4.69, 9.17) is 4.74 Å². The second kappa shape index (κ2) is 8.47. The van der Waals surface area contributed by atoms with Crippen LogP contribution in [0.2, 0.25) is 0 Å². The minimum atomic E-state index is -1.22. The molecule has 0 radical (unpaired) electrons. The van der Waals surface area contributed by atoms with E-state index >= 15 is 0 Å². The molecular formula is C24H35NO4. The summed E-state index contributed by atoms with van der Waals surface area (Å²) in [6, 6.07) is -0.0242. The standard InChI is InChI=1S/C24H35NO4/c1-14(2)11-20-22-17(5)16(4)13-18-12-15(3)9-10-19(26)7-6-8-21(27)29-24(18,22)23(28)25-20/h6,8,12-14,17-20,22,26H,7,9-11H2,1-5H3,(H,25,28)/b8-6+,15-12+/t17-,18+,19-,20+,22+,24-/m1/s1. The largest absolute Gasteiger partial charge is 0.444 e. The monoisotopic (exact) mass is 401 g/mol. The minimum Gasteiger partial charge on any atom is -0.444 e. The number of amides is 1. The first kappa shape index (κ1) is 21.8. The van der Waals surface area contributed by atoms with Crippen LogP contribution in [0.25, 0.3) is 0 Å². The lowest BCUT2D eigenvalue weighted by Crippen LogP contribution is -2.56. The number of allylic oxidation sites excluding steroid dienone is 2. The van der Waals surface area contributed by atoms with Crippen LogP contribution in [-0.4, -0.2) is 34.7 Å². The molecule has 5 heteroatoms. The van der Waals surface area contributed by atoms with E-state index in [9.17, 15) is 14.7 Å². The fourth-order valence-corrected chi connectivity index (χ4v) is 5.25. The van der Waals surface area contributed by atoms with Crippen molar-refractivity contribution in [3.63, 3.8) is 0 Å². The molecule has 0 aromatic rings. The van der Waals surface area contributed by atoms with Crippen LogP contribution in [0.5, 0.6) is 0 Å². The molecule has 0 unspecified atom stereocenters. The van der Waals surface area contributed by atoms with Gasteiger partial charge in [-0.15, -0.1) is 0 Å². The van der Waals surface area contributed by atoms with Crippen molar-refractivity contribution in [3.05, 3.63) is 35.5 Å². The van der Waals surface area contributed by atoms with Crippen molar-refractivity contribution in [3.8, 4) is 0 Å². The first-order valence-corrected chi connectivity index (χ1v) is 10.9. The zero-order valence-corrected chi connectivity index (χ0v) is 18.3. The second-order valence-electron chi connectivity index (χ2n) is 9.52. The van der Waals surface area contributed by atoms with Crippen molar-refractivity contribution in [1.82, 2.24) is 5.32 Å². The molecule has 1 spiro atoms. The Labute approximate surface area is 174 Å². The number of esters is 1. The fourth-order valence-electron chi connectivity index (χ4n) is 5.25. The molecule has 1 amide bonds. The molecule has 160 valence electrons. The number of aliphatic hydroxyl groups excluding tert-OH is 1. The summed E-state index contributed by atoms with van der Waals surface area (Å²) in [5.41, 5.74) is 1.11. The number of carbonyl (C=O) groups is 2. The van der Waals surface area contributed by atoms with E-state index in [0.29, 0.717) is 18.8 Å². The average Bonchev–Trinajstić information content (AvgIpc) is 2.89. The van der Waals surface area contributed by atoms with Gasteiger partial charge in [0.2, 0.25) is 5.60 Å². The van der Waals surface area contributed by atoms with Crippen molar-refractivity contribution >= 4 is 11.9 Å². The van der Waals surface area contributed by atoms with Crippen molar-refractivity contribution in [2.75, 3.05) is 0 Å². The van der Waals surface area contributed by atoms with Gasteiger partial charge in [0.05, 0.1) is 6.10 Å². The summed E-state index contributed by atoms with van der Waals surface area (Å²) < 4.78 is 6.06. The van der Waals surface area contributed by atoms with E-state index in [1.54, 1.807) is 6.08 Å². The number of hydrogen-bond acceptors (Lipinski definition) is 4. The molecule has 1 aliphatic carbocycles. The van der Waals surface area contributed by atoms with Gasteiger partial charge in [-0.05, 0) is 51.4 Å². The van der Waals surface area contributed by atoms with Crippen LogP contribution in [-0.2, 0) is 14.3 Å². The summed E-state index contributed by atoms with van der Waals surface area (Å²) in [5.74, 6) is -0.560. The lowest BCUT2D eigenvalue weighted by molar-refractivity contribution is -0.172. The van der Waals surface area contributed by atoms with E-state index < -0.39 is 17.7 Å². The third-order valence-electron chi connectivity index (χ3n) is 6.79. The third-order valence-corrected chi connectivity index (χ3v) is 6.79. The molecule has 0 saturated carbocycles. The Balaban J connectivity index is 2.12. The Kier molecular flexibility index (Phi) is 6.37. The van der Waals surface area contributed by atoms with Crippen molar-refractivity contribution in [2.45, 2.75) is 78.0 Å². The van der Waals surface area contributed by atoms with Gasteiger partial charge in [0.25, 0.3) is 5.91 Å². The van der Waals surface area contributed by atoms with Crippen LogP contribution in [0.3, 0.4) is 0 Å². The molecule has 2 aliphatic heterocycles. The van der Waals surface area contributed by atoms with E-state index in [2.05, 4.69) is 45.2 Å². The maximum atomic E-state index is 13.4. The summed E-state index contributed by atoms with van der Waals surface area (Å²) in [6.07, 6.45) is 9.34. The molecule has 2 heterocycles. The molecule has 1 fully saturated rings. The van der Waals surface area contributed by atoms with Crippen molar-refractivity contribution < 1.29 is 19.4 Å². The van der Waals surface area contributed by atoms with E-state index in [0.717, 1.165) is 18.4 Å². The number of ether oxygens (including phenoxy) is 1. The molecule has 29 heavy (non-hydrogen) atoms. The van der Waals surface area contributed by atoms with Gasteiger partial charge in [-0.25, -0.2) is 4.79 Å². The quantitative estimate of drug-likeness (QED) is 0.547. The predicted molar refractivity (Wildman–Crippen MR) is 113 cm³/mol. The number of rotatable bonds is 2. The molecule has 0 aromatic carbocycles. The Morgan fingerprint density at radius 3 is 2.69 bits per heavy atom. The highest BCUT2D eigenvalue weighted by atomic mass is 16.6. The number of nitrogens with one attached hydrogen (secondary N) is 1. The van der Waals surface area contributed by atoms with Crippen molar-refractivity contribution in [1.29, 1.82) is 0 Å². The zero-order chi connectivity index (χ0) is 21.3. The lowest BCUT2D eigenvalue weighted by atomic mass is 9.63. The van der Waals surface area contributed by atoms with Gasteiger partial charge in [-0.2, -0.15) is 0 Å². The lowest BCUT2D eigenvalue weighted by Gasteiger charge is -2.45. The molecule has 6 atom stereocenters. The zero-order valence-electron chi connectivity index (χ0n) is 18.3. The number of carbonyl (C=O) groups excluding carboxylic acids is 2. The van der Waals surface area contributed by atoms with Crippen LogP contribution in [0.1, 0.15) is 60.3 Å². The maximum Gasteiger partial charge on any atom is 0.331 e. The van der Waals surface area contributed by atoms with Crippen molar-refractivity contribution in [2.24, 2.45) is 23.7 Å². The molecule has 3 aliphatic rings. The summed E-state index contributed by atoms with van der Waals surface area (Å²) in [4.78, 5) is 26.1. The van der Waals surface area contributed by atoms with Gasteiger partial charge in [0.1, 0.15) is 0 Å². The SMILES string of the molecule is CC1=C[C@@H]2/C=C(\C)CC[C@H](O)C/C=C/C(=O)O[C@]23C(=O)N[C@@H](CC(C)C)[C@@H]3[C@@H]1C. The highest BCUT2D eigenvalue weighted by Gasteiger charge is 2.64. The summed E-state index contributed by atoms with van der Waals surface area (Å²) in [7, 11) is 0. The van der Waals surface area contributed by atoms with E-state index in [1.165, 1.54) is 11.6 Å². The Morgan fingerprint density at radius 1 is 1.28 bits per heavy atom. The highest BCUT2D eigenvalue weighted by molar-refractivity contribution is 5.94. The van der Waals surface area contributed by atoms with Gasteiger partial charge in [0, 0.05) is 24.0 Å². The average molecular weight is 402 g/mol. The van der Waals surface area contributed by atoms with Crippen LogP contribution >= 0.6 is 0 Å². The maximum absolute atomic E-state index is 13.4. The first-order valence-electron chi connectivity index (χ1n) is 10.9. The van der Waals surface area contributed by atoms with Gasteiger partial charge < -0.3 is 15.2 Å². The second-order valence-corrected chi connectivity index (χ2v) is 9.52. The van der Waals surface area contributed by atoms with Gasteiger partial charge in [-0.1, -0.05) is 50.1 Å². The molecular weight excluding hydrogens is 366 g/mol. The Bertz CT molecular complexity index is 750. The number of aliphatic hydroxyl groups is 1. The minimum absolute atomic E-state index is 0.0242. The summed E-state index contributed by atoms with van der Waals surface area (Å²) in [5, 5.41) is 13.3. The fraction of sp³-hybridized carbons (Fsp3) is 0.667. The smallest absolute Gasteiger partial charge is 0.331 e. The molecule has 2 N–H and O–H groups in total. The Morgan fingerprint density at radius 2 is 2.00 bits per heavy atom. The normalized spacial score (nSPS) is 41.0. The first-order chi connectivity index (χ1) is 13.6. The van der Waals surface area contributed by atoms with E-state index in [-0.39, 0.29) is 29.7 Å². The number of hydrogen-bond donors (Lipinski definition) is 2.